The number of unbranched alkanes of at least 4 members (excludes halogenated alkanes) is 3. The quantitative estimate of drug-likeness (QED) is 0.0903. The van der Waals surface area contributed by atoms with Gasteiger partial charge in [0, 0.05) is 46.7 Å². The van der Waals surface area contributed by atoms with Gasteiger partial charge in [-0.1, -0.05) is 26.2 Å². The smallest absolute Gasteiger partial charge is 0.269 e. The highest BCUT2D eigenvalue weighted by Crippen LogP contribution is 2.32. The molecule has 0 fully saturated rings. The minimum absolute atomic E-state index is 0.00492. The first-order chi connectivity index (χ1) is 20.3. The summed E-state index contributed by atoms with van der Waals surface area (Å²) >= 11 is 1.37. The van der Waals surface area contributed by atoms with Crippen LogP contribution in [0.4, 0.5) is 17.1 Å². The monoisotopic (exact) mass is 585 g/mol. The summed E-state index contributed by atoms with van der Waals surface area (Å²) in [6, 6.07) is 17.4. The van der Waals surface area contributed by atoms with Gasteiger partial charge in [-0.05, 0) is 54.8 Å². The van der Waals surface area contributed by atoms with E-state index in [4.69, 9.17) is 9.40 Å². The van der Waals surface area contributed by atoms with E-state index in [1.54, 1.807) is 18.2 Å². The fourth-order valence-electron chi connectivity index (χ4n) is 4.45. The van der Waals surface area contributed by atoms with Crippen molar-refractivity contribution in [2.45, 2.75) is 39.0 Å². The Morgan fingerprint density at radius 3 is 2.31 bits per heavy atom. The number of aromatic hydroxyl groups is 1. The Hall–Kier alpha value is -5.10. The number of anilines is 1. The van der Waals surface area contributed by atoms with Gasteiger partial charge in [-0.2, -0.15) is 0 Å². The van der Waals surface area contributed by atoms with E-state index in [0.717, 1.165) is 48.6 Å². The van der Waals surface area contributed by atoms with Crippen LogP contribution in [-0.4, -0.2) is 19.9 Å². The summed E-state index contributed by atoms with van der Waals surface area (Å²) < 4.78 is 6.16. The molecule has 0 atom stereocenters. The molecule has 0 unspecified atom stereocenters. The second-order valence-corrected chi connectivity index (χ2v) is 10.5. The Kier molecular flexibility index (Phi) is 8.53. The highest BCUT2D eigenvalue weighted by Gasteiger charge is 2.15. The van der Waals surface area contributed by atoms with Gasteiger partial charge in [0.1, 0.15) is 16.3 Å². The lowest BCUT2D eigenvalue weighted by atomic mass is 10.0. The van der Waals surface area contributed by atoms with Gasteiger partial charge >= 0.3 is 0 Å². The predicted molar refractivity (Wildman–Crippen MR) is 161 cm³/mol. The number of nitro benzene ring substituents is 2. The molecule has 0 radical (unpaired) electrons. The maximum absolute atomic E-state index is 11.0. The predicted octanol–water partition coefficient (Wildman–Crippen LogP) is 7.80. The molecule has 2 heterocycles. The summed E-state index contributed by atoms with van der Waals surface area (Å²) in [6.45, 7) is 2.15. The van der Waals surface area contributed by atoms with Crippen LogP contribution in [0, 0.1) is 20.2 Å². The summed E-state index contributed by atoms with van der Waals surface area (Å²) in [5, 5.41) is 40.4. The number of fused-ring (bicyclic) bond motifs is 1. The molecule has 2 N–H and O–H groups in total. The van der Waals surface area contributed by atoms with E-state index < -0.39 is 9.85 Å². The minimum Gasteiger partial charge on any atom is -0.508 e. The molecule has 2 aromatic heterocycles. The lowest BCUT2D eigenvalue weighted by Gasteiger charge is -2.08. The van der Waals surface area contributed by atoms with Crippen molar-refractivity contribution >= 4 is 39.4 Å². The maximum atomic E-state index is 11.0. The summed E-state index contributed by atoms with van der Waals surface area (Å²) in [4.78, 5) is 25.9. The van der Waals surface area contributed by atoms with Crippen molar-refractivity contribution in [2.24, 2.45) is 5.10 Å². The molecule has 5 aromatic rings. The normalized spacial score (nSPS) is 11.6. The van der Waals surface area contributed by atoms with Crippen molar-refractivity contribution < 1.29 is 19.4 Å². The van der Waals surface area contributed by atoms with Gasteiger partial charge in [0.25, 0.3) is 11.4 Å². The van der Waals surface area contributed by atoms with Gasteiger partial charge in [0.15, 0.2) is 0 Å². The number of thiazole rings is 1. The molecule has 0 amide bonds. The van der Waals surface area contributed by atoms with E-state index in [9.17, 15) is 25.3 Å². The topological polar surface area (TPSA) is 157 Å². The second-order valence-electron chi connectivity index (χ2n) is 9.66. The number of nitrogens with one attached hydrogen (secondary N) is 1. The Balaban J connectivity index is 1.55. The number of hydrogen-bond acceptors (Lipinski definition) is 10. The molecular formula is C30H27N5O6S. The molecule has 0 saturated heterocycles. The van der Waals surface area contributed by atoms with Gasteiger partial charge in [-0.15, -0.1) is 16.4 Å². The third kappa shape index (κ3) is 6.44. The van der Waals surface area contributed by atoms with Crippen molar-refractivity contribution in [3.63, 3.8) is 0 Å². The van der Waals surface area contributed by atoms with Crippen LogP contribution in [0.5, 0.6) is 5.75 Å². The van der Waals surface area contributed by atoms with Crippen LogP contribution in [0.1, 0.15) is 38.2 Å². The summed E-state index contributed by atoms with van der Waals surface area (Å²) in [7, 11) is 0. The van der Waals surface area contributed by atoms with E-state index in [-0.39, 0.29) is 22.7 Å². The zero-order chi connectivity index (χ0) is 29.6. The SMILES string of the molecule is CCCCCCc1cc2cc(-c3nc(-c4ccc([N+](=O)[O-])cc4)cs3)c(=NNc3ccc([N+](=O)[O-])cc3)oc2cc1O. The lowest BCUT2D eigenvalue weighted by Crippen LogP contribution is -2.09. The van der Waals surface area contributed by atoms with Gasteiger partial charge in [-0.3, -0.25) is 25.7 Å². The van der Waals surface area contributed by atoms with Crippen LogP contribution >= 0.6 is 11.3 Å². The first-order valence-electron chi connectivity index (χ1n) is 13.4. The lowest BCUT2D eigenvalue weighted by molar-refractivity contribution is -0.385. The van der Waals surface area contributed by atoms with Crippen LogP contribution in [0.2, 0.25) is 0 Å². The molecule has 0 bridgehead atoms. The number of phenols is 1. The number of benzene rings is 3. The van der Waals surface area contributed by atoms with Crippen molar-refractivity contribution in [1.82, 2.24) is 4.98 Å². The van der Waals surface area contributed by atoms with Crippen molar-refractivity contribution in [3.05, 3.63) is 103 Å². The third-order valence-electron chi connectivity index (χ3n) is 6.72. The first kappa shape index (κ1) is 28.4. The number of aryl methyl sites for hydroxylation is 1. The zero-order valence-electron chi connectivity index (χ0n) is 22.6. The number of nitro groups is 2. The van der Waals surface area contributed by atoms with Gasteiger partial charge in [0.2, 0.25) is 5.55 Å². The number of rotatable bonds is 11. The van der Waals surface area contributed by atoms with E-state index in [2.05, 4.69) is 17.5 Å². The number of nitrogens with zero attached hydrogens (tertiary/aromatic N) is 4. The van der Waals surface area contributed by atoms with E-state index in [1.165, 1.54) is 47.7 Å². The first-order valence-corrected chi connectivity index (χ1v) is 14.2. The number of aromatic nitrogens is 1. The largest absolute Gasteiger partial charge is 0.508 e. The number of non-ortho nitro benzene ring substituents is 2. The molecule has 0 aliphatic carbocycles. The molecular weight excluding hydrogens is 558 g/mol. The van der Waals surface area contributed by atoms with Crippen LogP contribution in [0.3, 0.4) is 0 Å². The van der Waals surface area contributed by atoms with E-state index in [0.29, 0.717) is 27.5 Å². The molecule has 214 valence electrons. The molecule has 5 rings (SSSR count). The molecule has 0 spiro atoms. The maximum Gasteiger partial charge on any atom is 0.269 e. The van der Waals surface area contributed by atoms with Crippen molar-refractivity contribution in [2.75, 3.05) is 5.43 Å². The van der Waals surface area contributed by atoms with E-state index >= 15 is 0 Å². The van der Waals surface area contributed by atoms with Gasteiger partial charge in [0.05, 0.1) is 26.8 Å². The molecule has 11 nitrogen and oxygen atoms in total. The van der Waals surface area contributed by atoms with Gasteiger partial charge < -0.3 is 9.52 Å². The molecule has 12 heteroatoms. The summed E-state index contributed by atoms with van der Waals surface area (Å²) in [5.41, 5.74) is 6.77. The molecule has 0 saturated carbocycles. The molecule has 42 heavy (non-hydrogen) atoms. The average molecular weight is 586 g/mol. The minimum atomic E-state index is -0.479. The fourth-order valence-corrected chi connectivity index (χ4v) is 5.28. The van der Waals surface area contributed by atoms with Crippen LogP contribution in [0.15, 0.2) is 81.6 Å². The van der Waals surface area contributed by atoms with E-state index in [1.807, 2.05) is 17.5 Å². The highest BCUT2D eigenvalue weighted by atomic mass is 32.1. The average Bonchev–Trinajstić information content (AvgIpc) is 3.48. The fraction of sp³-hybridized carbons (Fsp3) is 0.200. The summed E-state index contributed by atoms with van der Waals surface area (Å²) in [5.74, 6) is 0.152. The summed E-state index contributed by atoms with van der Waals surface area (Å²) in [6.07, 6.45) is 5.06. The Morgan fingerprint density at radius 2 is 1.64 bits per heavy atom. The number of hydrogen-bond donors (Lipinski definition) is 2. The Labute approximate surface area is 244 Å². The number of phenolic OH excluding ortho intramolecular Hbond substituents is 1. The van der Waals surface area contributed by atoms with Gasteiger partial charge in [-0.25, -0.2) is 4.98 Å². The molecule has 3 aromatic carbocycles. The highest BCUT2D eigenvalue weighted by molar-refractivity contribution is 7.13. The third-order valence-corrected chi connectivity index (χ3v) is 7.60. The molecule has 0 aliphatic rings. The standard InChI is InChI=1S/C30H27N5O6S/c1-2-3-4-5-6-20-15-21-16-25(30-31-26(18-42-30)19-7-11-23(12-8-19)34(37)38)29(41-28(21)17-27(20)36)33-32-22-9-13-24(14-10-22)35(39)40/h7-18,32,36H,2-6H2,1H3. The van der Waals surface area contributed by atoms with Crippen LogP contribution in [0.25, 0.3) is 32.8 Å². The Bertz CT molecular complexity index is 1810. The molecule has 0 aliphatic heterocycles. The zero-order valence-corrected chi connectivity index (χ0v) is 23.5. The van der Waals surface area contributed by atoms with Crippen LogP contribution < -0.4 is 11.0 Å². The van der Waals surface area contributed by atoms with Crippen molar-refractivity contribution in [3.8, 4) is 27.6 Å². The Morgan fingerprint density at radius 1 is 0.952 bits per heavy atom. The second kappa shape index (κ2) is 12.6. The van der Waals surface area contributed by atoms with Crippen molar-refractivity contribution in [1.29, 1.82) is 0 Å². The van der Waals surface area contributed by atoms with Crippen LogP contribution in [-0.2, 0) is 6.42 Å².